The van der Waals surface area contributed by atoms with Crippen LogP contribution in [0, 0.1) is 0 Å². The molecule has 0 bridgehead atoms. The summed E-state index contributed by atoms with van der Waals surface area (Å²) in [6, 6.07) is 2.05. The number of rotatable bonds is 7. The molecule has 2 rings (SSSR count). The second kappa shape index (κ2) is 11.4. The van der Waals surface area contributed by atoms with E-state index in [0.717, 1.165) is 12.7 Å². The van der Waals surface area contributed by atoms with Crippen LogP contribution in [0.3, 0.4) is 0 Å². The normalized spacial score (nSPS) is 11.8. The molecule has 0 fully saturated rings. The van der Waals surface area contributed by atoms with E-state index < -0.39 is 0 Å². The molecule has 1 unspecified atom stereocenters. The predicted octanol–water partition coefficient (Wildman–Crippen LogP) is 5.26. The number of hydrogen-bond acceptors (Lipinski definition) is 5. The number of nitrogens with zero attached hydrogens (tertiary/aromatic N) is 3. The average Bonchev–Trinajstić information content (AvgIpc) is 3.03. The number of carbonyl (C=O) groups is 2. The van der Waals surface area contributed by atoms with Crippen molar-refractivity contribution in [2.45, 2.75) is 59.9 Å². The number of pyridine rings is 1. The van der Waals surface area contributed by atoms with Gasteiger partial charge in [0.05, 0.1) is 28.0 Å². The van der Waals surface area contributed by atoms with Gasteiger partial charge < -0.3 is 10.2 Å². The van der Waals surface area contributed by atoms with Crippen molar-refractivity contribution in [2.75, 3.05) is 12.4 Å². The fourth-order valence-electron chi connectivity index (χ4n) is 2.08. The average molecular weight is 391 g/mol. The molecule has 0 aromatic carbocycles. The summed E-state index contributed by atoms with van der Waals surface area (Å²) in [5.74, 6) is -0.178. The van der Waals surface area contributed by atoms with Crippen LogP contribution in [0.5, 0.6) is 0 Å². The third-order valence-electron chi connectivity index (χ3n) is 4.17. The second-order valence-electron chi connectivity index (χ2n) is 6.32. The van der Waals surface area contributed by atoms with Gasteiger partial charge in [0.2, 0.25) is 5.91 Å². The molecule has 7 heteroatoms. The first-order valence-corrected chi connectivity index (χ1v) is 10.1. The van der Waals surface area contributed by atoms with E-state index in [1.165, 1.54) is 31.1 Å². The van der Waals surface area contributed by atoms with Crippen LogP contribution in [0.2, 0.25) is 0 Å². The highest BCUT2D eigenvalue weighted by atomic mass is 32.1. The molecule has 0 spiro atoms. The number of aldehydes is 1. The van der Waals surface area contributed by atoms with E-state index in [1.54, 1.807) is 18.6 Å². The first-order valence-electron chi connectivity index (χ1n) is 9.29. The van der Waals surface area contributed by atoms with E-state index in [9.17, 15) is 9.59 Å². The van der Waals surface area contributed by atoms with E-state index in [2.05, 4.69) is 43.0 Å². The van der Waals surface area contributed by atoms with E-state index in [-0.39, 0.29) is 5.91 Å². The van der Waals surface area contributed by atoms with Gasteiger partial charge in [0, 0.05) is 26.2 Å². The smallest absolute Gasteiger partial charge is 0.221 e. The number of nitrogens with one attached hydrogen (secondary N) is 1. The number of amides is 1. The molecule has 1 atom stereocenters. The molecule has 0 aliphatic heterocycles. The predicted molar refractivity (Wildman–Crippen MR) is 116 cm³/mol. The molecule has 0 radical (unpaired) electrons. The SMILES string of the molecule is CCC(C)N(C)C=Nc1c(C=O)sc2nccc(NC(C)=O)c12.CCCC. The van der Waals surface area contributed by atoms with Crippen molar-refractivity contribution in [2.24, 2.45) is 4.99 Å². The number of aliphatic imine (C=N–C) groups is 1. The van der Waals surface area contributed by atoms with Crippen LogP contribution in [-0.2, 0) is 4.79 Å². The lowest BCUT2D eigenvalue weighted by Gasteiger charge is -2.20. The van der Waals surface area contributed by atoms with Crippen molar-refractivity contribution in [3.8, 4) is 0 Å². The van der Waals surface area contributed by atoms with E-state index in [0.29, 0.717) is 32.5 Å². The van der Waals surface area contributed by atoms with E-state index in [4.69, 9.17) is 0 Å². The zero-order chi connectivity index (χ0) is 20.4. The summed E-state index contributed by atoms with van der Waals surface area (Å²) in [5.41, 5.74) is 1.16. The highest BCUT2D eigenvalue weighted by molar-refractivity contribution is 7.21. The Morgan fingerprint density at radius 1 is 1.37 bits per heavy atom. The molecule has 2 heterocycles. The molecule has 1 N–H and O–H groups in total. The first-order chi connectivity index (χ1) is 12.9. The Morgan fingerprint density at radius 3 is 2.56 bits per heavy atom. The molecule has 27 heavy (non-hydrogen) atoms. The van der Waals surface area contributed by atoms with Gasteiger partial charge >= 0.3 is 0 Å². The molecule has 0 saturated carbocycles. The Bertz CT molecular complexity index is 784. The van der Waals surface area contributed by atoms with Gasteiger partial charge in [-0.3, -0.25) is 9.59 Å². The largest absolute Gasteiger partial charge is 0.363 e. The highest BCUT2D eigenvalue weighted by Crippen LogP contribution is 2.40. The molecule has 2 aromatic heterocycles. The van der Waals surface area contributed by atoms with Crippen LogP contribution in [0.1, 0.15) is 63.6 Å². The van der Waals surface area contributed by atoms with Crippen LogP contribution >= 0.6 is 11.3 Å². The van der Waals surface area contributed by atoms with Crippen molar-refractivity contribution in [1.82, 2.24) is 9.88 Å². The Hall–Kier alpha value is -2.28. The summed E-state index contributed by atoms with van der Waals surface area (Å²) in [6.45, 7) is 10.0. The highest BCUT2D eigenvalue weighted by Gasteiger charge is 2.16. The van der Waals surface area contributed by atoms with Gasteiger partial charge in [-0.05, 0) is 19.4 Å². The minimum Gasteiger partial charge on any atom is -0.363 e. The topological polar surface area (TPSA) is 74.7 Å². The van der Waals surface area contributed by atoms with Crippen molar-refractivity contribution in [3.05, 3.63) is 17.1 Å². The van der Waals surface area contributed by atoms with Crippen molar-refractivity contribution in [1.29, 1.82) is 0 Å². The summed E-state index contributed by atoms with van der Waals surface area (Å²) in [6.07, 6.45) is 7.73. The number of carbonyl (C=O) groups excluding carboxylic acids is 2. The molecule has 148 valence electrons. The molecular weight excluding hydrogens is 360 g/mol. The van der Waals surface area contributed by atoms with E-state index >= 15 is 0 Å². The number of thiophene rings is 1. The van der Waals surface area contributed by atoms with Gasteiger partial charge in [0.15, 0.2) is 6.29 Å². The van der Waals surface area contributed by atoms with Gasteiger partial charge in [-0.2, -0.15) is 0 Å². The van der Waals surface area contributed by atoms with Crippen LogP contribution in [0.4, 0.5) is 11.4 Å². The summed E-state index contributed by atoms with van der Waals surface area (Å²) in [7, 11) is 1.94. The fraction of sp³-hybridized carbons (Fsp3) is 0.500. The number of anilines is 1. The molecule has 1 amide bonds. The number of hydrogen-bond donors (Lipinski definition) is 1. The summed E-state index contributed by atoms with van der Waals surface area (Å²) in [5, 5.41) is 3.47. The van der Waals surface area contributed by atoms with Crippen molar-refractivity contribution >= 4 is 51.5 Å². The minimum atomic E-state index is -0.178. The second-order valence-corrected chi connectivity index (χ2v) is 7.35. The maximum absolute atomic E-state index is 11.4. The van der Waals surface area contributed by atoms with Gasteiger partial charge in [-0.1, -0.05) is 33.6 Å². The van der Waals surface area contributed by atoms with Gasteiger partial charge in [-0.25, -0.2) is 9.98 Å². The van der Waals surface area contributed by atoms with E-state index in [1.807, 2.05) is 11.9 Å². The standard InChI is InChI=1S/C16H20N4O2S.C4H10/c1-5-10(2)20(4)9-18-15-13(8-21)23-16-14(15)12(6-7-17-16)19-11(3)22;1-3-4-2/h6-10H,5H2,1-4H3,(H,17,19,22);3-4H2,1-2H3. The third-order valence-corrected chi connectivity index (χ3v) is 5.18. The quantitative estimate of drug-likeness (QED) is 0.397. The van der Waals surface area contributed by atoms with Crippen LogP contribution < -0.4 is 5.32 Å². The number of fused-ring (bicyclic) bond motifs is 1. The molecule has 0 aliphatic rings. The summed E-state index contributed by atoms with van der Waals surface area (Å²) in [4.78, 5) is 34.7. The molecule has 2 aromatic rings. The summed E-state index contributed by atoms with van der Waals surface area (Å²) >= 11 is 1.27. The lowest BCUT2D eigenvalue weighted by molar-refractivity contribution is -0.114. The Morgan fingerprint density at radius 2 is 2.04 bits per heavy atom. The van der Waals surface area contributed by atoms with Gasteiger partial charge in [-0.15, -0.1) is 11.3 Å². The maximum atomic E-state index is 11.4. The Labute approximate surface area is 165 Å². The lowest BCUT2D eigenvalue weighted by atomic mass is 10.2. The van der Waals surface area contributed by atoms with Crippen LogP contribution in [-0.4, -0.2) is 41.5 Å². The van der Waals surface area contributed by atoms with Crippen molar-refractivity contribution in [3.63, 3.8) is 0 Å². The maximum Gasteiger partial charge on any atom is 0.221 e. The zero-order valence-electron chi connectivity index (χ0n) is 17.1. The monoisotopic (exact) mass is 390 g/mol. The lowest BCUT2D eigenvalue weighted by Crippen LogP contribution is -2.26. The molecule has 0 aliphatic carbocycles. The van der Waals surface area contributed by atoms with Crippen LogP contribution in [0.15, 0.2) is 17.3 Å². The summed E-state index contributed by atoms with van der Waals surface area (Å²) < 4.78 is 0. The molecule has 6 nitrogen and oxygen atoms in total. The molecular formula is C20H30N4O2S. The van der Waals surface area contributed by atoms with Gasteiger partial charge in [0.25, 0.3) is 0 Å². The fourth-order valence-corrected chi connectivity index (χ4v) is 3.01. The first kappa shape index (κ1) is 22.8. The molecule has 0 saturated heterocycles. The van der Waals surface area contributed by atoms with Crippen LogP contribution in [0.25, 0.3) is 10.2 Å². The third kappa shape index (κ3) is 6.43. The Balaban J connectivity index is 0.000000828. The number of unbranched alkanes of at least 4 members (excludes halogenated alkanes) is 1. The number of aromatic nitrogens is 1. The minimum absolute atomic E-state index is 0.178. The van der Waals surface area contributed by atoms with Gasteiger partial charge in [0.1, 0.15) is 4.83 Å². The Kier molecular flexibility index (Phi) is 9.64. The van der Waals surface area contributed by atoms with Crippen molar-refractivity contribution < 1.29 is 9.59 Å². The zero-order valence-corrected chi connectivity index (χ0v) is 17.9.